The van der Waals surface area contributed by atoms with Gasteiger partial charge in [-0.2, -0.15) is 5.10 Å². The Morgan fingerprint density at radius 2 is 1.86 bits per heavy atom. The lowest BCUT2D eigenvalue weighted by Gasteiger charge is -1.99. The summed E-state index contributed by atoms with van der Waals surface area (Å²) in [5, 5.41) is 10.5. The topological polar surface area (TPSA) is 109 Å². The molecule has 0 saturated carbocycles. The first-order valence-electron chi connectivity index (χ1n) is 8.85. The Morgan fingerprint density at radius 1 is 0.931 bits per heavy atom. The minimum atomic E-state index is 0.679. The number of fused-ring (bicyclic) bond motifs is 2. The standard InChI is InChI=1S/C20H12N8S/c1-2-16(29-5-1)19-18-13(3-4-23-19)25-20(26-18)17-12-6-14(11-7-21-10-22-8-11)24-9-15(12)27-28-17/h1-10H,(H,25,26)(H,27,28). The highest BCUT2D eigenvalue weighted by Crippen LogP contribution is 2.32. The maximum absolute atomic E-state index is 4.82. The van der Waals surface area contributed by atoms with Gasteiger partial charge in [-0.25, -0.2) is 15.0 Å². The fourth-order valence-electron chi connectivity index (χ4n) is 3.33. The molecule has 0 aliphatic heterocycles. The number of imidazole rings is 1. The molecule has 0 amide bonds. The number of thiophene rings is 1. The highest BCUT2D eigenvalue weighted by atomic mass is 32.1. The third kappa shape index (κ3) is 2.59. The van der Waals surface area contributed by atoms with Crippen molar-refractivity contribution in [1.29, 1.82) is 0 Å². The zero-order valence-corrected chi connectivity index (χ0v) is 15.7. The van der Waals surface area contributed by atoms with Gasteiger partial charge in [0.15, 0.2) is 5.82 Å². The highest BCUT2D eigenvalue weighted by molar-refractivity contribution is 7.13. The number of H-pyrrole nitrogens is 2. The molecule has 0 aliphatic rings. The van der Waals surface area contributed by atoms with Crippen molar-refractivity contribution in [2.45, 2.75) is 0 Å². The second-order valence-electron chi connectivity index (χ2n) is 6.43. The van der Waals surface area contributed by atoms with Gasteiger partial charge in [-0.15, -0.1) is 11.3 Å². The summed E-state index contributed by atoms with van der Waals surface area (Å²) in [5.74, 6) is 0.679. The molecule has 0 aromatic carbocycles. The molecule has 2 N–H and O–H groups in total. The van der Waals surface area contributed by atoms with E-state index in [0.717, 1.165) is 49.5 Å². The van der Waals surface area contributed by atoms with Crippen LogP contribution in [-0.4, -0.2) is 40.1 Å². The molecule has 29 heavy (non-hydrogen) atoms. The number of hydrogen-bond donors (Lipinski definition) is 2. The lowest BCUT2D eigenvalue weighted by molar-refractivity contribution is 1.10. The van der Waals surface area contributed by atoms with Crippen LogP contribution in [0.5, 0.6) is 0 Å². The SMILES string of the molecule is c1csc(-c2nccc3[nH]c(-c4n[nH]c5cnc(-c6cncnc6)cc45)nc23)c1. The van der Waals surface area contributed by atoms with Gasteiger partial charge >= 0.3 is 0 Å². The Bertz CT molecular complexity index is 1450. The Kier molecular flexibility index (Phi) is 3.47. The van der Waals surface area contributed by atoms with Crippen LogP contribution in [-0.2, 0) is 0 Å². The third-order valence-corrected chi connectivity index (χ3v) is 5.56. The van der Waals surface area contributed by atoms with Crippen molar-refractivity contribution in [2.75, 3.05) is 0 Å². The fraction of sp³-hybridized carbons (Fsp3) is 0. The summed E-state index contributed by atoms with van der Waals surface area (Å²) in [7, 11) is 0. The van der Waals surface area contributed by atoms with Crippen molar-refractivity contribution in [3.63, 3.8) is 0 Å². The minimum Gasteiger partial charge on any atom is -0.336 e. The summed E-state index contributed by atoms with van der Waals surface area (Å²) >= 11 is 1.64. The predicted octanol–water partition coefficient (Wildman–Crippen LogP) is 4.08. The molecule has 0 aliphatic carbocycles. The molecular weight excluding hydrogens is 384 g/mol. The van der Waals surface area contributed by atoms with Crippen LogP contribution in [0.3, 0.4) is 0 Å². The summed E-state index contributed by atoms with van der Waals surface area (Å²) in [6.07, 6.45) is 8.52. The molecule has 0 unspecified atom stereocenters. The van der Waals surface area contributed by atoms with Gasteiger partial charge in [-0.3, -0.25) is 15.1 Å². The van der Waals surface area contributed by atoms with Gasteiger partial charge in [0, 0.05) is 29.5 Å². The molecule has 6 heterocycles. The summed E-state index contributed by atoms with van der Waals surface area (Å²) in [5.41, 5.74) is 5.79. The smallest absolute Gasteiger partial charge is 0.159 e. The summed E-state index contributed by atoms with van der Waals surface area (Å²) in [4.78, 5) is 26.4. The summed E-state index contributed by atoms with van der Waals surface area (Å²) in [6.45, 7) is 0. The van der Waals surface area contributed by atoms with E-state index in [-0.39, 0.29) is 0 Å². The number of rotatable bonds is 3. The lowest BCUT2D eigenvalue weighted by atomic mass is 10.1. The normalized spacial score (nSPS) is 11.4. The van der Waals surface area contributed by atoms with Crippen LogP contribution in [0.1, 0.15) is 0 Å². The van der Waals surface area contributed by atoms with Crippen LogP contribution in [0.15, 0.2) is 60.8 Å². The van der Waals surface area contributed by atoms with E-state index in [1.54, 1.807) is 36.1 Å². The quantitative estimate of drug-likeness (QED) is 0.466. The van der Waals surface area contributed by atoms with Crippen molar-refractivity contribution >= 4 is 33.3 Å². The maximum atomic E-state index is 4.82. The number of nitrogens with one attached hydrogen (secondary N) is 2. The Hall–Kier alpha value is -3.98. The molecule has 0 saturated heterocycles. The number of aromatic nitrogens is 8. The molecule has 0 radical (unpaired) electrons. The van der Waals surface area contributed by atoms with Gasteiger partial charge in [0.05, 0.1) is 27.8 Å². The van der Waals surface area contributed by atoms with E-state index >= 15 is 0 Å². The van der Waals surface area contributed by atoms with Crippen LogP contribution < -0.4 is 0 Å². The minimum absolute atomic E-state index is 0.679. The molecule has 0 spiro atoms. The van der Waals surface area contributed by atoms with E-state index in [1.165, 1.54) is 6.33 Å². The molecule has 6 rings (SSSR count). The molecule has 138 valence electrons. The van der Waals surface area contributed by atoms with Crippen molar-refractivity contribution in [2.24, 2.45) is 0 Å². The molecule has 9 heteroatoms. The second kappa shape index (κ2) is 6.28. The van der Waals surface area contributed by atoms with Gasteiger partial charge in [0.1, 0.15) is 23.2 Å². The summed E-state index contributed by atoms with van der Waals surface area (Å²) in [6, 6.07) is 7.95. The molecule has 6 aromatic heterocycles. The molecular formula is C20H12N8S. The lowest BCUT2D eigenvalue weighted by Crippen LogP contribution is -1.87. The molecule has 8 nitrogen and oxygen atoms in total. The van der Waals surface area contributed by atoms with Gasteiger partial charge in [0.25, 0.3) is 0 Å². The van der Waals surface area contributed by atoms with Gasteiger partial charge in [-0.05, 0) is 23.6 Å². The van der Waals surface area contributed by atoms with Crippen LogP contribution in [0.2, 0.25) is 0 Å². The van der Waals surface area contributed by atoms with Crippen molar-refractivity contribution in [1.82, 2.24) is 40.1 Å². The Balaban J connectivity index is 1.53. The van der Waals surface area contributed by atoms with E-state index in [9.17, 15) is 0 Å². The maximum Gasteiger partial charge on any atom is 0.159 e. The second-order valence-corrected chi connectivity index (χ2v) is 7.38. The number of hydrogen-bond acceptors (Lipinski definition) is 7. The summed E-state index contributed by atoms with van der Waals surface area (Å²) < 4.78 is 0. The van der Waals surface area contributed by atoms with E-state index in [0.29, 0.717) is 5.82 Å². The zero-order valence-electron chi connectivity index (χ0n) is 14.9. The molecule has 0 atom stereocenters. The van der Waals surface area contributed by atoms with Gasteiger partial charge in [-0.1, -0.05) is 6.07 Å². The van der Waals surface area contributed by atoms with Gasteiger partial charge < -0.3 is 4.98 Å². The average Bonchev–Trinajstić information content (AvgIpc) is 3.52. The van der Waals surface area contributed by atoms with Crippen molar-refractivity contribution in [3.8, 4) is 33.3 Å². The number of aromatic amines is 2. The van der Waals surface area contributed by atoms with Crippen molar-refractivity contribution < 1.29 is 0 Å². The fourth-order valence-corrected chi connectivity index (χ4v) is 4.05. The first kappa shape index (κ1) is 16.0. The number of pyridine rings is 2. The van der Waals surface area contributed by atoms with Gasteiger partial charge in [0.2, 0.25) is 0 Å². The zero-order chi connectivity index (χ0) is 19.2. The van der Waals surface area contributed by atoms with Crippen LogP contribution in [0.25, 0.3) is 55.3 Å². The molecule has 6 aromatic rings. The molecule has 0 bridgehead atoms. The van der Waals surface area contributed by atoms with Crippen LogP contribution in [0, 0.1) is 0 Å². The Labute approximate surface area is 167 Å². The number of nitrogens with zero attached hydrogens (tertiary/aromatic N) is 6. The first-order valence-corrected chi connectivity index (χ1v) is 9.73. The average molecular weight is 396 g/mol. The van der Waals surface area contributed by atoms with E-state index < -0.39 is 0 Å². The predicted molar refractivity (Wildman–Crippen MR) is 111 cm³/mol. The largest absolute Gasteiger partial charge is 0.336 e. The highest BCUT2D eigenvalue weighted by Gasteiger charge is 2.17. The monoisotopic (exact) mass is 396 g/mol. The molecule has 0 fully saturated rings. The van der Waals surface area contributed by atoms with Crippen LogP contribution in [0.4, 0.5) is 0 Å². The van der Waals surface area contributed by atoms with E-state index in [1.807, 2.05) is 29.6 Å². The van der Waals surface area contributed by atoms with Crippen LogP contribution >= 0.6 is 11.3 Å². The third-order valence-electron chi connectivity index (χ3n) is 4.68. The van der Waals surface area contributed by atoms with E-state index in [4.69, 9.17) is 4.98 Å². The van der Waals surface area contributed by atoms with Crippen molar-refractivity contribution in [3.05, 3.63) is 60.8 Å². The first-order chi connectivity index (χ1) is 14.4. The Morgan fingerprint density at radius 3 is 2.72 bits per heavy atom. The van der Waals surface area contributed by atoms with E-state index in [2.05, 4.69) is 35.1 Å².